The first kappa shape index (κ1) is 19.1. The molecule has 1 N–H and O–H groups in total. The number of carbonyl (C=O) groups is 2. The van der Waals surface area contributed by atoms with Gasteiger partial charge in [-0.15, -0.1) is 0 Å². The summed E-state index contributed by atoms with van der Waals surface area (Å²) in [6.07, 6.45) is 1.24. The van der Waals surface area contributed by atoms with E-state index >= 15 is 0 Å². The Morgan fingerprint density at radius 3 is 2.68 bits per heavy atom. The van der Waals surface area contributed by atoms with E-state index in [0.29, 0.717) is 13.1 Å². The van der Waals surface area contributed by atoms with Crippen LogP contribution in [-0.2, 0) is 16.0 Å². The predicted octanol–water partition coefficient (Wildman–Crippen LogP) is 3.66. The second-order valence-electron chi connectivity index (χ2n) is 7.31. The van der Waals surface area contributed by atoms with Crippen molar-refractivity contribution in [1.29, 1.82) is 0 Å². The molecule has 0 aliphatic carbocycles. The van der Waals surface area contributed by atoms with Crippen LogP contribution in [0, 0.1) is 0 Å². The van der Waals surface area contributed by atoms with Crippen molar-refractivity contribution < 1.29 is 19.1 Å². The quantitative estimate of drug-likeness (QED) is 0.905. The number of carbonyl (C=O) groups excluding carboxylic acids is 2. The molecule has 1 fully saturated rings. The molecule has 1 aliphatic rings. The minimum absolute atomic E-state index is 0.240. The number of hydrogen-bond donors (Lipinski definition) is 1. The number of benzene rings is 1. The van der Waals surface area contributed by atoms with Gasteiger partial charge in [-0.1, -0.05) is 24.3 Å². The van der Waals surface area contributed by atoms with Crippen molar-refractivity contribution in [2.45, 2.75) is 51.7 Å². The molecule has 2 rings (SSSR count). The number of ether oxygens (including phenoxy) is 2. The molecule has 1 aromatic rings. The maximum atomic E-state index is 11.9. The van der Waals surface area contributed by atoms with E-state index in [9.17, 15) is 9.59 Å². The van der Waals surface area contributed by atoms with Crippen LogP contribution in [0.5, 0.6) is 0 Å². The molecule has 2 amide bonds. The second-order valence-corrected chi connectivity index (χ2v) is 7.31. The third-order valence-electron chi connectivity index (χ3n) is 4.17. The van der Waals surface area contributed by atoms with Gasteiger partial charge in [0.1, 0.15) is 5.60 Å². The maximum Gasteiger partial charge on any atom is 0.409 e. The van der Waals surface area contributed by atoms with E-state index in [1.807, 2.05) is 39.0 Å². The minimum Gasteiger partial charge on any atom is -0.453 e. The standard InChI is InChI=1S/C19H28N2O4/c1-19(2,3)25-17(22)20-12-14-8-5-6-10-16(14)15-9-7-11-21(13-15)18(23)24-4/h5-6,8,10,15H,7,9,11-13H2,1-4H3,(H,20,22). The van der Waals surface area contributed by atoms with E-state index in [2.05, 4.69) is 11.4 Å². The van der Waals surface area contributed by atoms with Crippen LogP contribution < -0.4 is 5.32 Å². The van der Waals surface area contributed by atoms with Crippen LogP contribution in [0.1, 0.15) is 50.7 Å². The molecule has 0 radical (unpaired) electrons. The van der Waals surface area contributed by atoms with E-state index in [1.54, 1.807) is 4.90 Å². The van der Waals surface area contributed by atoms with Crippen molar-refractivity contribution >= 4 is 12.2 Å². The summed E-state index contributed by atoms with van der Waals surface area (Å²) in [6, 6.07) is 8.02. The van der Waals surface area contributed by atoms with Gasteiger partial charge in [-0.2, -0.15) is 0 Å². The minimum atomic E-state index is -0.520. The molecule has 1 atom stereocenters. The molecule has 25 heavy (non-hydrogen) atoms. The number of alkyl carbamates (subject to hydrolysis) is 1. The Labute approximate surface area is 149 Å². The number of rotatable bonds is 3. The molecule has 138 valence electrons. The average Bonchev–Trinajstić information content (AvgIpc) is 2.58. The van der Waals surface area contributed by atoms with Gasteiger partial charge in [0.2, 0.25) is 0 Å². The summed E-state index contributed by atoms with van der Waals surface area (Å²) in [5, 5.41) is 2.81. The maximum absolute atomic E-state index is 11.9. The molecule has 1 saturated heterocycles. The highest BCUT2D eigenvalue weighted by Gasteiger charge is 2.26. The lowest BCUT2D eigenvalue weighted by Crippen LogP contribution is -2.39. The van der Waals surface area contributed by atoms with E-state index in [4.69, 9.17) is 9.47 Å². The van der Waals surface area contributed by atoms with Crippen LogP contribution in [0.3, 0.4) is 0 Å². The molecule has 0 bridgehead atoms. The van der Waals surface area contributed by atoms with Crippen LogP contribution in [0.15, 0.2) is 24.3 Å². The zero-order valence-corrected chi connectivity index (χ0v) is 15.5. The summed E-state index contributed by atoms with van der Waals surface area (Å²) >= 11 is 0. The number of nitrogens with zero attached hydrogens (tertiary/aromatic N) is 1. The summed E-state index contributed by atoms with van der Waals surface area (Å²) in [5.74, 6) is 0.240. The van der Waals surface area contributed by atoms with Crippen molar-refractivity contribution in [3.8, 4) is 0 Å². The largest absolute Gasteiger partial charge is 0.453 e. The van der Waals surface area contributed by atoms with Crippen LogP contribution >= 0.6 is 0 Å². The molecule has 1 heterocycles. The van der Waals surface area contributed by atoms with Gasteiger partial charge in [0.25, 0.3) is 0 Å². The summed E-state index contributed by atoms with van der Waals surface area (Å²) in [6.45, 7) is 7.27. The smallest absolute Gasteiger partial charge is 0.409 e. The number of methoxy groups -OCH3 is 1. The Balaban J connectivity index is 2.05. The first-order chi connectivity index (χ1) is 11.8. The lowest BCUT2D eigenvalue weighted by atomic mass is 9.87. The number of nitrogens with one attached hydrogen (secondary N) is 1. The molecule has 6 nitrogen and oxygen atoms in total. The van der Waals surface area contributed by atoms with Crippen molar-refractivity contribution in [2.24, 2.45) is 0 Å². The molecular formula is C19H28N2O4. The Kier molecular flexibility index (Phi) is 6.28. The highest BCUT2D eigenvalue weighted by atomic mass is 16.6. The molecule has 0 aromatic heterocycles. The predicted molar refractivity (Wildman–Crippen MR) is 95.5 cm³/mol. The topological polar surface area (TPSA) is 67.9 Å². The van der Waals surface area contributed by atoms with E-state index in [-0.39, 0.29) is 12.0 Å². The summed E-state index contributed by atoms with van der Waals surface area (Å²) < 4.78 is 10.1. The number of amides is 2. The highest BCUT2D eigenvalue weighted by Crippen LogP contribution is 2.29. The van der Waals surface area contributed by atoms with E-state index in [1.165, 1.54) is 7.11 Å². The Morgan fingerprint density at radius 2 is 2.00 bits per heavy atom. The summed E-state index contributed by atoms with van der Waals surface area (Å²) in [5.41, 5.74) is 1.69. The summed E-state index contributed by atoms with van der Waals surface area (Å²) in [7, 11) is 1.41. The Hall–Kier alpha value is -2.24. The SMILES string of the molecule is COC(=O)N1CCCC(c2ccccc2CNC(=O)OC(C)(C)C)C1. The fraction of sp³-hybridized carbons (Fsp3) is 0.579. The molecule has 6 heteroatoms. The first-order valence-corrected chi connectivity index (χ1v) is 8.67. The number of piperidine rings is 1. The zero-order valence-electron chi connectivity index (χ0n) is 15.5. The van der Waals surface area contributed by atoms with Crippen molar-refractivity contribution in [1.82, 2.24) is 10.2 Å². The van der Waals surface area contributed by atoms with Crippen LogP contribution in [-0.4, -0.2) is 42.9 Å². The molecule has 1 aliphatic heterocycles. The molecule has 0 saturated carbocycles. The molecule has 1 aromatic carbocycles. The van der Waals surface area contributed by atoms with Gasteiger partial charge in [-0.3, -0.25) is 0 Å². The highest BCUT2D eigenvalue weighted by molar-refractivity contribution is 5.68. The zero-order chi connectivity index (χ0) is 18.4. The number of likely N-dealkylation sites (tertiary alicyclic amines) is 1. The Morgan fingerprint density at radius 1 is 1.28 bits per heavy atom. The molecule has 0 spiro atoms. The van der Waals surface area contributed by atoms with Gasteiger partial charge in [0, 0.05) is 25.6 Å². The van der Waals surface area contributed by atoms with Gasteiger partial charge in [-0.05, 0) is 44.7 Å². The van der Waals surface area contributed by atoms with Gasteiger partial charge < -0.3 is 19.7 Å². The van der Waals surface area contributed by atoms with E-state index in [0.717, 1.165) is 30.5 Å². The van der Waals surface area contributed by atoms with Crippen LogP contribution in [0.25, 0.3) is 0 Å². The normalized spacial score (nSPS) is 17.8. The van der Waals surface area contributed by atoms with Crippen LogP contribution in [0.4, 0.5) is 9.59 Å². The Bertz CT molecular complexity index is 610. The van der Waals surface area contributed by atoms with Crippen LogP contribution in [0.2, 0.25) is 0 Å². The summed E-state index contributed by atoms with van der Waals surface area (Å²) in [4.78, 5) is 25.4. The van der Waals surface area contributed by atoms with Crippen molar-refractivity contribution in [3.05, 3.63) is 35.4 Å². The third kappa shape index (κ3) is 5.66. The molecular weight excluding hydrogens is 320 g/mol. The lowest BCUT2D eigenvalue weighted by Gasteiger charge is -2.33. The fourth-order valence-electron chi connectivity index (χ4n) is 3.10. The number of hydrogen-bond acceptors (Lipinski definition) is 4. The first-order valence-electron chi connectivity index (χ1n) is 8.67. The average molecular weight is 348 g/mol. The second kappa shape index (κ2) is 8.23. The fourth-order valence-corrected chi connectivity index (χ4v) is 3.10. The molecule has 1 unspecified atom stereocenters. The lowest BCUT2D eigenvalue weighted by molar-refractivity contribution is 0.0523. The van der Waals surface area contributed by atoms with E-state index < -0.39 is 11.7 Å². The monoisotopic (exact) mass is 348 g/mol. The van der Waals surface area contributed by atoms with Crippen molar-refractivity contribution in [3.63, 3.8) is 0 Å². The van der Waals surface area contributed by atoms with Gasteiger partial charge in [-0.25, -0.2) is 9.59 Å². The van der Waals surface area contributed by atoms with Crippen molar-refractivity contribution in [2.75, 3.05) is 20.2 Å². The van der Waals surface area contributed by atoms with Gasteiger partial charge in [0.05, 0.1) is 7.11 Å². The van der Waals surface area contributed by atoms with Gasteiger partial charge in [0.15, 0.2) is 0 Å². The third-order valence-corrected chi connectivity index (χ3v) is 4.17. The van der Waals surface area contributed by atoms with Gasteiger partial charge >= 0.3 is 12.2 Å².